The molecule has 3 rings (SSSR count). The molecule has 0 bridgehead atoms. The zero-order valence-corrected chi connectivity index (χ0v) is 14.8. The molecule has 1 heterocycles. The van der Waals surface area contributed by atoms with Crippen LogP contribution in [0.4, 0.5) is 5.69 Å². The highest BCUT2D eigenvalue weighted by atomic mass is 35.5. The van der Waals surface area contributed by atoms with Crippen LogP contribution in [0.5, 0.6) is 0 Å². The predicted octanol–water partition coefficient (Wildman–Crippen LogP) is 4.47. The number of aromatic nitrogens is 1. The van der Waals surface area contributed by atoms with Crippen molar-refractivity contribution in [1.82, 2.24) is 4.98 Å². The van der Waals surface area contributed by atoms with Gasteiger partial charge in [-0.05, 0) is 30.7 Å². The predicted molar refractivity (Wildman–Crippen MR) is 97.2 cm³/mol. The van der Waals surface area contributed by atoms with Gasteiger partial charge >= 0.3 is 5.97 Å². The molecule has 0 aliphatic rings. The molecule has 0 fully saturated rings. The fourth-order valence-electron chi connectivity index (χ4n) is 2.81. The third-order valence-corrected chi connectivity index (χ3v) is 4.82. The van der Waals surface area contributed by atoms with Crippen LogP contribution < -0.4 is 0 Å². The minimum absolute atomic E-state index is 0.0481. The van der Waals surface area contributed by atoms with Crippen LogP contribution in [0.25, 0.3) is 10.9 Å². The molecular formula is C17H12Cl2N2O5. The molecule has 0 amide bonds. The number of benzene rings is 2. The lowest BCUT2D eigenvalue weighted by molar-refractivity contribution is -0.384. The molecule has 0 spiro atoms. The van der Waals surface area contributed by atoms with Crippen LogP contribution in [0.1, 0.15) is 33.3 Å². The lowest BCUT2D eigenvalue weighted by atomic mass is 10.0. The number of aromatic amines is 1. The smallest absolute Gasteiger partial charge is 0.337 e. The number of fused-ring (bicyclic) bond motifs is 1. The highest BCUT2D eigenvalue weighted by Crippen LogP contribution is 2.37. The average molecular weight is 395 g/mol. The summed E-state index contributed by atoms with van der Waals surface area (Å²) in [6.45, 7) is 1.71. The van der Waals surface area contributed by atoms with Gasteiger partial charge in [0, 0.05) is 33.8 Å². The van der Waals surface area contributed by atoms with Crippen molar-refractivity contribution in [3.05, 3.63) is 72.9 Å². The molecule has 26 heavy (non-hydrogen) atoms. The highest BCUT2D eigenvalue weighted by Gasteiger charge is 2.24. The van der Waals surface area contributed by atoms with Gasteiger partial charge in [-0.3, -0.25) is 10.1 Å². The minimum atomic E-state index is -1.33. The molecule has 0 radical (unpaired) electrons. The van der Waals surface area contributed by atoms with Crippen LogP contribution in [0.15, 0.2) is 30.3 Å². The van der Waals surface area contributed by atoms with Crippen molar-refractivity contribution in [1.29, 1.82) is 0 Å². The molecule has 9 heteroatoms. The number of hydrogen-bond acceptors (Lipinski definition) is 4. The number of H-pyrrole nitrogens is 1. The summed E-state index contributed by atoms with van der Waals surface area (Å²) in [5, 5.41) is 31.5. The molecule has 1 atom stereocenters. The third kappa shape index (κ3) is 3.01. The van der Waals surface area contributed by atoms with Crippen LogP contribution in [0.2, 0.25) is 10.0 Å². The average Bonchev–Trinajstić information content (AvgIpc) is 2.99. The fourth-order valence-corrected chi connectivity index (χ4v) is 3.47. The molecule has 1 unspecified atom stereocenters. The van der Waals surface area contributed by atoms with Crippen molar-refractivity contribution in [2.75, 3.05) is 0 Å². The highest BCUT2D eigenvalue weighted by molar-refractivity contribution is 6.38. The van der Waals surface area contributed by atoms with Gasteiger partial charge in [0.1, 0.15) is 6.10 Å². The molecule has 0 aliphatic carbocycles. The van der Waals surface area contributed by atoms with Crippen molar-refractivity contribution >= 4 is 45.8 Å². The van der Waals surface area contributed by atoms with E-state index in [4.69, 9.17) is 23.2 Å². The summed E-state index contributed by atoms with van der Waals surface area (Å²) < 4.78 is 0. The van der Waals surface area contributed by atoms with Crippen LogP contribution >= 0.6 is 23.2 Å². The molecule has 2 aromatic carbocycles. The Hall–Kier alpha value is -2.61. The largest absolute Gasteiger partial charge is 0.478 e. The van der Waals surface area contributed by atoms with Gasteiger partial charge < -0.3 is 15.2 Å². The van der Waals surface area contributed by atoms with Gasteiger partial charge in [-0.2, -0.15) is 0 Å². The minimum Gasteiger partial charge on any atom is -0.478 e. The summed E-state index contributed by atoms with van der Waals surface area (Å²) in [5.41, 5.74) is 1.18. The van der Waals surface area contributed by atoms with Gasteiger partial charge in [0.25, 0.3) is 5.69 Å². The molecule has 3 N–H and O–H groups in total. The second-order valence-corrected chi connectivity index (χ2v) is 6.52. The van der Waals surface area contributed by atoms with E-state index in [0.29, 0.717) is 16.5 Å². The summed E-state index contributed by atoms with van der Waals surface area (Å²) >= 11 is 12.2. The number of aromatic carboxylic acids is 1. The van der Waals surface area contributed by atoms with E-state index in [-0.39, 0.29) is 32.6 Å². The standard InChI is InChI=1S/C17H12Cl2N2O5/c1-7-4-8(21(25)26)5-12-10(7)6-13(20-12)16(22)14-11(18)3-2-9(15(14)19)17(23)24/h2-6,16,20,22H,1H3,(H,23,24). The number of hydrogen-bond donors (Lipinski definition) is 3. The number of nitro benzene ring substituents is 1. The first-order valence-electron chi connectivity index (χ1n) is 7.37. The number of nitrogens with one attached hydrogen (secondary N) is 1. The Bertz CT molecular complexity index is 1060. The number of aryl methyl sites for hydroxylation is 1. The monoisotopic (exact) mass is 394 g/mol. The third-order valence-electron chi connectivity index (χ3n) is 4.09. The van der Waals surface area contributed by atoms with Crippen LogP contribution in [0.3, 0.4) is 0 Å². The first-order chi connectivity index (χ1) is 12.2. The van der Waals surface area contributed by atoms with Gasteiger partial charge in [0.05, 0.1) is 21.0 Å². The molecule has 0 aliphatic heterocycles. The maximum Gasteiger partial charge on any atom is 0.337 e. The Morgan fingerprint density at radius 1 is 1.27 bits per heavy atom. The number of carboxylic acid groups (broad SMARTS) is 1. The molecule has 134 valence electrons. The molecule has 0 saturated heterocycles. The zero-order valence-electron chi connectivity index (χ0n) is 13.3. The number of nitrogens with zero attached hydrogens (tertiary/aromatic N) is 1. The van der Waals surface area contributed by atoms with Gasteiger partial charge in [0.15, 0.2) is 0 Å². The van der Waals surface area contributed by atoms with Crippen molar-refractivity contribution in [2.24, 2.45) is 0 Å². The van der Waals surface area contributed by atoms with Gasteiger partial charge in [0.2, 0.25) is 0 Å². The number of rotatable bonds is 4. The number of aliphatic hydroxyl groups excluding tert-OH is 1. The van der Waals surface area contributed by atoms with Crippen molar-refractivity contribution in [2.45, 2.75) is 13.0 Å². The second-order valence-electron chi connectivity index (χ2n) is 5.74. The molecule has 7 nitrogen and oxygen atoms in total. The van der Waals surface area contributed by atoms with Crippen molar-refractivity contribution in [3.63, 3.8) is 0 Å². The number of carboxylic acids is 1. The van der Waals surface area contributed by atoms with E-state index in [0.717, 1.165) is 0 Å². The van der Waals surface area contributed by atoms with Crippen molar-refractivity contribution < 1.29 is 19.9 Å². The quantitative estimate of drug-likeness (QED) is 0.445. The van der Waals surface area contributed by atoms with Crippen LogP contribution in [-0.4, -0.2) is 26.1 Å². The Morgan fingerprint density at radius 3 is 2.58 bits per heavy atom. The Labute approximate surface area is 156 Å². The number of carbonyl (C=O) groups is 1. The molecule has 3 aromatic rings. The number of nitro groups is 1. The number of halogens is 2. The molecule has 1 aromatic heterocycles. The van der Waals surface area contributed by atoms with Gasteiger partial charge in [-0.15, -0.1) is 0 Å². The summed E-state index contributed by atoms with van der Waals surface area (Å²) in [6.07, 6.45) is -1.33. The van der Waals surface area contributed by atoms with E-state index in [1.54, 1.807) is 13.0 Å². The second kappa shape index (κ2) is 6.60. The Kier molecular flexibility index (Phi) is 4.62. The molecule has 0 saturated carbocycles. The van der Waals surface area contributed by atoms with E-state index in [1.165, 1.54) is 24.3 Å². The summed E-state index contributed by atoms with van der Waals surface area (Å²) in [5.74, 6) is -1.25. The normalized spacial score (nSPS) is 12.3. The van der Waals surface area contributed by atoms with E-state index in [9.17, 15) is 25.1 Å². The summed E-state index contributed by atoms with van der Waals surface area (Å²) in [7, 11) is 0. The van der Waals surface area contributed by atoms with Crippen LogP contribution in [0, 0.1) is 17.0 Å². The lowest BCUT2D eigenvalue weighted by Crippen LogP contribution is -2.06. The van der Waals surface area contributed by atoms with Crippen molar-refractivity contribution in [3.8, 4) is 0 Å². The van der Waals surface area contributed by atoms with Gasteiger partial charge in [-0.25, -0.2) is 4.79 Å². The maximum absolute atomic E-state index is 11.3. The number of non-ortho nitro benzene ring substituents is 1. The van der Waals surface area contributed by atoms with E-state index < -0.39 is 17.0 Å². The Morgan fingerprint density at radius 2 is 1.96 bits per heavy atom. The summed E-state index contributed by atoms with van der Waals surface area (Å²) in [4.78, 5) is 24.7. The first kappa shape index (κ1) is 18.2. The SMILES string of the molecule is Cc1cc([N+](=O)[O-])cc2[nH]c(C(O)c3c(Cl)ccc(C(=O)O)c3Cl)cc12. The topological polar surface area (TPSA) is 116 Å². The zero-order chi connectivity index (χ0) is 19.2. The van der Waals surface area contributed by atoms with Gasteiger partial charge in [-0.1, -0.05) is 23.2 Å². The van der Waals surface area contributed by atoms with E-state index >= 15 is 0 Å². The fraction of sp³-hybridized carbons (Fsp3) is 0.118. The maximum atomic E-state index is 11.3. The Balaban J connectivity index is 2.16. The molecular weight excluding hydrogens is 383 g/mol. The van der Waals surface area contributed by atoms with Crippen LogP contribution in [-0.2, 0) is 0 Å². The summed E-state index contributed by atoms with van der Waals surface area (Å²) in [6, 6.07) is 7.00. The lowest BCUT2D eigenvalue weighted by Gasteiger charge is -2.14. The van der Waals surface area contributed by atoms with E-state index in [1.807, 2.05) is 0 Å². The number of aliphatic hydroxyl groups is 1. The van der Waals surface area contributed by atoms with E-state index in [2.05, 4.69) is 4.98 Å². The first-order valence-corrected chi connectivity index (χ1v) is 8.13.